The van der Waals surface area contributed by atoms with E-state index in [1.165, 1.54) is 19.2 Å². The number of benzene rings is 2. The summed E-state index contributed by atoms with van der Waals surface area (Å²) >= 11 is 0. The highest BCUT2D eigenvalue weighted by molar-refractivity contribution is 6.03. The maximum Gasteiger partial charge on any atom is 0.434 e. The molecule has 1 aliphatic heterocycles. The molecule has 0 saturated carbocycles. The van der Waals surface area contributed by atoms with Crippen molar-refractivity contribution >= 4 is 35.0 Å². The fraction of sp³-hybridized carbons (Fsp3) is 0.211. The third kappa shape index (κ3) is 4.14. The van der Waals surface area contributed by atoms with Crippen LogP contribution in [0, 0.1) is 10.1 Å². The molecule has 156 valence electrons. The van der Waals surface area contributed by atoms with Gasteiger partial charge in [0.05, 0.1) is 22.9 Å². The standard InChI is InChI=1S/C19H19N5O6/c1-19(10-16(26)23(2)17(22-19)21-18(27)28)11-4-3-5-12(8-11)20-14-7-6-13(25)9-15(14)24(29)30/h3-9,20,25H,10H2,1-2H3,(H,21,22)(H,27,28)/t19-/m0/s1. The van der Waals surface area contributed by atoms with Crippen LogP contribution in [0.4, 0.5) is 21.9 Å². The molecule has 11 heteroatoms. The number of hydrogen-bond donors (Lipinski definition) is 4. The fourth-order valence-corrected chi connectivity index (χ4v) is 3.15. The van der Waals surface area contributed by atoms with Crippen molar-refractivity contribution in [2.75, 3.05) is 12.4 Å². The van der Waals surface area contributed by atoms with Crippen LogP contribution in [-0.2, 0) is 10.3 Å². The van der Waals surface area contributed by atoms with Crippen LogP contribution in [0.2, 0.25) is 0 Å². The Kier molecular flexibility index (Phi) is 5.28. The van der Waals surface area contributed by atoms with Crippen molar-refractivity contribution in [2.24, 2.45) is 4.99 Å². The van der Waals surface area contributed by atoms with E-state index in [1.807, 2.05) is 0 Å². The number of carbonyl (C=O) groups is 2. The number of carbonyl (C=O) groups excluding carboxylic acids is 1. The van der Waals surface area contributed by atoms with Crippen molar-refractivity contribution in [3.63, 3.8) is 0 Å². The minimum atomic E-state index is -1.43. The van der Waals surface area contributed by atoms with Crippen LogP contribution in [0.25, 0.3) is 0 Å². The third-order valence-electron chi connectivity index (χ3n) is 4.74. The predicted octanol–water partition coefficient (Wildman–Crippen LogP) is 2.74. The van der Waals surface area contributed by atoms with Crippen LogP contribution in [-0.4, -0.2) is 45.0 Å². The zero-order chi connectivity index (χ0) is 22.1. The van der Waals surface area contributed by atoms with Crippen molar-refractivity contribution in [3.8, 4) is 5.75 Å². The second kappa shape index (κ2) is 7.70. The van der Waals surface area contributed by atoms with Gasteiger partial charge in [-0.15, -0.1) is 4.99 Å². The average Bonchev–Trinajstić information content (AvgIpc) is 2.67. The zero-order valence-electron chi connectivity index (χ0n) is 16.1. The molecule has 2 amide bonds. The Bertz CT molecular complexity index is 1070. The van der Waals surface area contributed by atoms with Crippen molar-refractivity contribution in [1.29, 1.82) is 0 Å². The van der Waals surface area contributed by atoms with Gasteiger partial charge in [0.1, 0.15) is 11.4 Å². The van der Waals surface area contributed by atoms with E-state index in [4.69, 9.17) is 5.11 Å². The average molecular weight is 413 g/mol. The molecule has 2 aromatic carbocycles. The van der Waals surface area contributed by atoms with Crippen LogP contribution < -0.4 is 10.6 Å². The minimum Gasteiger partial charge on any atom is -0.508 e. The molecule has 30 heavy (non-hydrogen) atoms. The molecule has 3 rings (SSSR count). The van der Waals surface area contributed by atoms with Gasteiger partial charge in [-0.3, -0.25) is 19.8 Å². The van der Waals surface area contributed by atoms with E-state index in [0.29, 0.717) is 11.3 Å². The topological polar surface area (TPSA) is 157 Å². The highest BCUT2D eigenvalue weighted by Crippen LogP contribution is 2.34. The number of guanidine groups is 1. The zero-order valence-corrected chi connectivity index (χ0v) is 16.1. The van der Waals surface area contributed by atoms with Gasteiger partial charge < -0.3 is 20.8 Å². The highest BCUT2D eigenvalue weighted by atomic mass is 16.6. The maximum atomic E-state index is 12.4. The lowest BCUT2D eigenvalue weighted by atomic mass is 9.86. The van der Waals surface area contributed by atoms with Crippen LogP contribution in [0.1, 0.15) is 18.9 Å². The smallest absolute Gasteiger partial charge is 0.434 e. The molecule has 0 bridgehead atoms. The Morgan fingerprint density at radius 1 is 1.33 bits per heavy atom. The highest BCUT2D eigenvalue weighted by Gasteiger charge is 2.39. The van der Waals surface area contributed by atoms with E-state index >= 15 is 0 Å². The Morgan fingerprint density at radius 2 is 2.07 bits per heavy atom. The number of aromatic hydroxyl groups is 1. The molecule has 11 nitrogen and oxygen atoms in total. The van der Waals surface area contributed by atoms with Gasteiger partial charge in [-0.1, -0.05) is 12.1 Å². The van der Waals surface area contributed by atoms with Crippen molar-refractivity contribution < 1.29 is 24.7 Å². The number of nitro groups is 1. The van der Waals surface area contributed by atoms with Gasteiger partial charge in [0.2, 0.25) is 11.9 Å². The lowest BCUT2D eigenvalue weighted by molar-refractivity contribution is -0.384. The summed E-state index contributed by atoms with van der Waals surface area (Å²) in [6, 6.07) is 10.6. The van der Waals surface area contributed by atoms with E-state index in [1.54, 1.807) is 31.2 Å². The number of hydrogen-bond acceptors (Lipinski definition) is 6. The Hall–Kier alpha value is -4.15. The van der Waals surface area contributed by atoms with Gasteiger partial charge in [-0.2, -0.15) is 0 Å². The van der Waals surface area contributed by atoms with Crippen molar-refractivity contribution in [3.05, 3.63) is 58.1 Å². The van der Waals surface area contributed by atoms with Gasteiger partial charge in [0.15, 0.2) is 0 Å². The van der Waals surface area contributed by atoms with Crippen LogP contribution in [0.15, 0.2) is 47.5 Å². The van der Waals surface area contributed by atoms with Crippen LogP contribution in [0.3, 0.4) is 0 Å². The van der Waals surface area contributed by atoms with Crippen molar-refractivity contribution in [2.45, 2.75) is 18.9 Å². The number of nitrogens with zero attached hydrogens (tertiary/aromatic N) is 3. The van der Waals surface area contributed by atoms with Gasteiger partial charge in [0.25, 0.3) is 5.69 Å². The molecule has 1 heterocycles. The summed E-state index contributed by atoms with van der Waals surface area (Å²) in [7, 11) is 1.43. The summed E-state index contributed by atoms with van der Waals surface area (Å²) in [5, 5.41) is 35.7. The van der Waals surface area contributed by atoms with Gasteiger partial charge in [0, 0.05) is 12.7 Å². The molecule has 1 atom stereocenters. The first-order valence-corrected chi connectivity index (χ1v) is 8.80. The Morgan fingerprint density at radius 3 is 2.73 bits per heavy atom. The summed E-state index contributed by atoms with van der Waals surface area (Å²) in [4.78, 5) is 38.6. The number of amides is 2. The number of nitro benzene ring substituents is 1. The number of anilines is 2. The molecule has 0 aromatic heterocycles. The summed E-state index contributed by atoms with van der Waals surface area (Å²) in [6.45, 7) is 1.73. The second-order valence-electron chi connectivity index (χ2n) is 6.97. The molecule has 1 fully saturated rings. The first-order valence-electron chi connectivity index (χ1n) is 8.80. The van der Waals surface area contributed by atoms with Gasteiger partial charge in [-0.05, 0) is 36.8 Å². The number of phenols is 1. The quantitative estimate of drug-likeness (QED) is 0.338. The van der Waals surface area contributed by atoms with E-state index in [2.05, 4.69) is 15.6 Å². The maximum absolute atomic E-state index is 12.4. The van der Waals surface area contributed by atoms with Crippen LogP contribution in [0.5, 0.6) is 5.75 Å². The molecule has 0 radical (unpaired) electrons. The molecule has 0 unspecified atom stereocenters. The van der Waals surface area contributed by atoms with E-state index < -0.39 is 16.6 Å². The SMILES string of the molecule is CN1C(=O)C[C@@](C)(c2cccc(Nc3ccc(O)cc3[N+](=O)[O-])c2)N/C1=N\C(=O)O. The third-order valence-corrected chi connectivity index (χ3v) is 4.74. The van der Waals surface area contributed by atoms with Gasteiger partial charge >= 0.3 is 6.09 Å². The van der Waals surface area contributed by atoms with Crippen molar-refractivity contribution in [1.82, 2.24) is 10.2 Å². The second-order valence-corrected chi connectivity index (χ2v) is 6.97. The largest absolute Gasteiger partial charge is 0.508 e. The molecule has 1 saturated heterocycles. The molecule has 4 N–H and O–H groups in total. The molecular weight excluding hydrogens is 394 g/mol. The Labute approximate surface area is 170 Å². The van der Waals surface area contributed by atoms with E-state index in [9.17, 15) is 24.8 Å². The fourth-order valence-electron chi connectivity index (χ4n) is 3.15. The van der Waals surface area contributed by atoms with Gasteiger partial charge in [-0.25, -0.2) is 4.79 Å². The molecule has 2 aromatic rings. The summed E-state index contributed by atoms with van der Waals surface area (Å²) < 4.78 is 0. The first-order chi connectivity index (χ1) is 14.1. The number of aliphatic imine (C=N–C) groups is 1. The van der Waals surface area contributed by atoms with E-state index in [-0.39, 0.29) is 35.4 Å². The monoisotopic (exact) mass is 413 g/mol. The van der Waals surface area contributed by atoms with E-state index in [0.717, 1.165) is 11.0 Å². The number of phenolic OH excluding ortho intramolecular Hbond substituents is 1. The number of nitrogens with one attached hydrogen (secondary N) is 2. The summed E-state index contributed by atoms with van der Waals surface area (Å²) in [6.07, 6.45) is -1.39. The first kappa shape index (κ1) is 20.6. The lowest BCUT2D eigenvalue weighted by Gasteiger charge is -2.40. The number of carboxylic acid groups (broad SMARTS) is 1. The molecule has 1 aliphatic rings. The summed E-state index contributed by atoms with van der Waals surface area (Å²) in [5.41, 5.74) is 0.0906. The summed E-state index contributed by atoms with van der Waals surface area (Å²) in [5.74, 6) is -0.634. The lowest BCUT2D eigenvalue weighted by Crippen LogP contribution is -2.58. The minimum absolute atomic E-state index is 0.0466. The van der Waals surface area contributed by atoms with Crippen LogP contribution >= 0.6 is 0 Å². The molecular formula is C19H19N5O6. The Balaban J connectivity index is 1.95. The molecule has 0 aliphatic carbocycles. The normalized spacial score (nSPS) is 20.0. The molecule has 0 spiro atoms. The number of rotatable bonds is 4. The predicted molar refractivity (Wildman–Crippen MR) is 108 cm³/mol.